The van der Waals surface area contributed by atoms with Gasteiger partial charge in [0, 0.05) is 13.6 Å². The van der Waals surface area contributed by atoms with E-state index in [2.05, 4.69) is 11.4 Å². The molecule has 1 aliphatic rings. The Morgan fingerprint density at radius 1 is 1.03 bits per heavy atom. The van der Waals surface area contributed by atoms with E-state index in [0.717, 1.165) is 19.3 Å². The lowest BCUT2D eigenvalue weighted by molar-refractivity contribution is -0.123. The smallest absolute Gasteiger partial charge is 0.264 e. The maximum Gasteiger partial charge on any atom is 0.264 e. The van der Waals surface area contributed by atoms with Crippen molar-refractivity contribution in [2.24, 2.45) is 0 Å². The molecule has 1 N–H and O–H groups in total. The van der Waals surface area contributed by atoms with Crippen LogP contribution in [0.1, 0.15) is 32.1 Å². The van der Waals surface area contributed by atoms with Gasteiger partial charge in [0.1, 0.15) is 11.5 Å². The van der Waals surface area contributed by atoms with Crippen LogP contribution in [-0.2, 0) is 14.8 Å². The quantitative estimate of drug-likeness (QED) is 0.546. The molecule has 1 aliphatic carbocycles. The topological polar surface area (TPSA) is 84.9 Å². The minimum absolute atomic E-state index is 0.0849. The van der Waals surface area contributed by atoms with Gasteiger partial charge in [-0.15, -0.1) is 0 Å². The van der Waals surface area contributed by atoms with E-state index in [1.54, 1.807) is 36.4 Å². The van der Waals surface area contributed by atoms with Crippen LogP contribution in [0.25, 0.3) is 0 Å². The average molecular weight is 459 g/mol. The Morgan fingerprint density at radius 3 is 2.34 bits per heavy atom. The molecule has 0 unspecified atom stereocenters. The highest BCUT2D eigenvalue weighted by atomic mass is 32.2. The molecule has 2 aromatic rings. The fourth-order valence-electron chi connectivity index (χ4n) is 3.49. The Bertz CT molecular complexity index is 1030. The van der Waals surface area contributed by atoms with Crippen molar-refractivity contribution in [3.63, 3.8) is 0 Å². The van der Waals surface area contributed by atoms with E-state index in [4.69, 9.17) is 9.47 Å². The Balaban J connectivity index is 1.50. The molecule has 0 fully saturated rings. The molecule has 1 amide bonds. The largest absolute Gasteiger partial charge is 0.497 e. The van der Waals surface area contributed by atoms with Crippen molar-refractivity contribution in [1.82, 2.24) is 5.32 Å². The van der Waals surface area contributed by atoms with Crippen LogP contribution >= 0.6 is 0 Å². The number of sulfonamides is 1. The minimum atomic E-state index is -3.71. The fraction of sp³-hybridized carbons (Fsp3) is 0.375. The van der Waals surface area contributed by atoms with Gasteiger partial charge in [0.15, 0.2) is 6.61 Å². The van der Waals surface area contributed by atoms with Crippen molar-refractivity contribution >= 4 is 21.6 Å². The van der Waals surface area contributed by atoms with E-state index >= 15 is 0 Å². The highest BCUT2D eigenvalue weighted by Gasteiger charge is 2.21. The number of carbonyl (C=O) groups is 1. The first-order valence-electron chi connectivity index (χ1n) is 10.7. The summed E-state index contributed by atoms with van der Waals surface area (Å²) in [6, 6.07) is 12.8. The van der Waals surface area contributed by atoms with Crippen LogP contribution in [0, 0.1) is 0 Å². The first-order valence-corrected chi connectivity index (χ1v) is 12.1. The summed E-state index contributed by atoms with van der Waals surface area (Å²) in [6.45, 7) is 0.527. The maximum atomic E-state index is 12.8. The lowest BCUT2D eigenvalue weighted by Gasteiger charge is -2.20. The summed E-state index contributed by atoms with van der Waals surface area (Å²) < 4.78 is 37.5. The Hall–Kier alpha value is -3.00. The van der Waals surface area contributed by atoms with Crippen molar-refractivity contribution in [2.45, 2.75) is 37.0 Å². The van der Waals surface area contributed by atoms with Gasteiger partial charge in [-0.1, -0.05) is 11.6 Å². The summed E-state index contributed by atoms with van der Waals surface area (Å²) in [7, 11) is -0.690. The number of methoxy groups -OCH3 is 1. The standard InChI is InChI=1S/C24H30N2O5S/c1-26(32(28,29)23-14-12-21(30-2)13-15-23)20-8-10-22(11-9-20)31-18-24(27)25-17-16-19-6-4-3-5-7-19/h6,8-15H,3-5,7,16-18H2,1-2H3,(H,25,27). The molecule has 0 saturated heterocycles. The van der Waals surface area contributed by atoms with E-state index in [1.807, 2.05) is 0 Å². The van der Waals surface area contributed by atoms with Gasteiger partial charge < -0.3 is 14.8 Å². The molecule has 2 aromatic carbocycles. The molecule has 0 saturated carbocycles. The second kappa shape index (κ2) is 11.0. The number of nitrogens with zero attached hydrogens (tertiary/aromatic N) is 1. The van der Waals surface area contributed by atoms with Crippen molar-refractivity contribution in [1.29, 1.82) is 0 Å². The Kier molecular flexibility index (Phi) is 8.16. The second-order valence-corrected chi connectivity index (χ2v) is 9.61. The number of carbonyl (C=O) groups excluding carboxylic acids is 1. The van der Waals surface area contributed by atoms with E-state index in [-0.39, 0.29) is 17.4 Å². The lowest BCUT2D eigenvalue weighted by atomic mass is 9.97. The van der Waals surface area contributed by atoms with Gasteiger partial charge in [0.05, 0.1) is 17.7 Å². The fourth-order valence-corrected chi connectivity index (χ4v) is 4.69. The van der Waals surface area contributed by atoms with E-state index in [1.165, 1.54) is 49.0 Å². The van der Waals surface area contributed by atoms with Crippen molar-refractivity contribution < 1.29 is 22.7 Å². The zero-order valence-corrected chi connectivity index (χ0v) is 19.4. The van der Waals surface area contributed by atoms with Gasteiger partial charge in [-0.2, -0.15) is 0 Å². The van der Waals surface area contributed by atoms with Gasteiger partial charge in [-0.05, 0) is 80.6 Å². The number of rotatable bonds is 10. The average Bonchev–Trinajstić information content (AvgIpc) is 2.83. The molecule has 7 nitrogen and oxygen atoms in total. The van der Waals surface area contributed by atoms with Crippen LogP contribution in [-0.4, -0.2) is 41.6 Å². The number of hydrogen-bond donors (Lipinski definition) is 1. The lowest BCUT2D eigenvalue weighted by Crippen LogP contribution is -2.30. The maximum absolute atomic E-state index is 12.8. The monoisotopic (exact) mass is 458 g/mol. The van der Waals surface area contributed by atoms with Crippen LogP contribution in [0.4, 0.5) is 5.69 Å². The first-order chi connectivity index (χ1) is 15.4. The van der Waals surface area contributed by atoms with Crippen molar-refractivity contribution in [2.75, 3.05) is 31.6 Å². The number of benzene rings is 2. The summed E-state index contributed by atoms with van der Waals surface area (Å²) in [5.74, 6) is 0.905. The van der Waals surface area contributed by atoms with Gasteiger partial charge in [0.25, 0.3) is 15.9 Å². The zero-order valence-electron chi connectivity index (χ0n) is 18.5. The number of anilines is 1. The van der Waals surface area contributed by atoms with Gasteiger partial charge in [-0.25, -0.2) is 8.42 Å². The van der Waals surface area contributed by atoms with Crippen LogP contribution in [0.3, 0.4) is 0 Å². The SMILES string of the molecule is COc1ccc(S(=O)(=O)N(C)c2ccc(OCC(=O)NCCC3=CCCCC3)cc2)cc1. The zero-order chi connectivity index (χ0) is 23.0. The van der Waals surface area contributed by atoms with E-state index in [9.17, 15) is 13.2 Å². The Morgan fingerprint density at radius 2 is 1.72 bits per heavy atom. The predicted octanol–water partition coefficient (Wildman–Crippen LogP) is 3.91. The van der Waals surface area contributed by atoms with Crippen LogP contribution < -0.4 is 19.1 Å². The summed E-state index contributed by atoms with van der Waals surface area (Å²) in [5.41, 5.74) is 1.90. The summed E-state index contributed by atoms with van der Waals surface area (Å²) in [6.07, 6.45) is 7.91. The van der Waals surface area contributed by atoms with Crippen molar-refractivity contribution in [3.8, 4) is 11.5 Å². The van der Waals surface area contributed by atoms with Gasteiger partial charge in [0.2, 0.25) is 0 Å². The molecule has 0 atom stereocenters. The van der Waals surface area contributed by atoms with E-state index < -0.39 is 10.0 Å². The molecule has 0 bridgehead atoms. The highest BCUT2D eigenvalue weighted by molar-refractivity contribution is 7.92. The third-order valence-electron chi connectivity index (χ3n) is 5.44. The molecule has 0 spiro atoms. The summed E-state index contributed by atoms with van der Waals surface area (Å²) >= 11 is 0. The van der Waals surface area contributed by atoms with Crippen LogP contribution in [0.5, 0.6) is 11.5 Å². The number of ether oxygens (including phenoxy) is 2. The summed E-state index contributed by atoms with van der Waals surface area (Å²) in [4.78, 5) is 12.2. The third-order valence-corrected chi connectivity index (χ3v) is 7.24. The number of nitrogens with one attached hydrogen (secondary N) is 1. The molecule has 8 heteroatoms. The van der Waals surface area contributed by atoms with Crippen LogP contribution in [0.15, 0.2) is 65.1 Å². The molecule has 3 rings (SSSR count). The molecule has 0 aliphatic heterocycles. The molecule has 172 valence electrons. The highest BCUT2D eigenvalue weighted by Crippen LogP contribution is 2.25. The second-order valence-electron chi connectivity index (χ2n) is 7.64. The number of amides is 1. The first kappa shape index (κ1) is 23.7. The van der Waals surface area contributed by atoms with Crippen molar-refractivity contribution in [3.05, 3.63) is 60.2 Å². The normalized spacial score (nSPS) is 13.8. The molecule has 0 heterocycles. The molecule has 0 aromatic heterocycles. The molecular formula is C24H30N2O5S. The van der Waals surface area contributed by atoms with Crippen LogP contribution in [0.2, 0.25) is 0 Å². The minimum Gasteiger partial charge on any atom is -0.497 e. The molecule has 32 heavy (non-hydrogen) atoms. The summed E-state index contributed by atoms with van der Waals surface area (Å²) in [5, 5.41) is 2.87. The number of allylic oxidation sites excluding steroid dienone is 1. The molecular weight excluding hydrogens is 428 g/mol. The van der Waals surface area contributed by atoms with E-state index in [0.29, 0.717) is 23.7 Å². The third kappa shape index (κ3) is 6.26. The predicted molar refractivity (Wildman–Crippen MR) is 125 cm³/mol. The van der Waals surface area contributed by atoms with Gasteiger partial charge >= 0.3 is 0 Å². The molecule has 0 radical (unpaired) electrons. The number of hydrogen-bond acceptors (Lipinski definition) is 5. The van der Waals surface area contributed by atoms with Gasteiger partial charge in [-0.3, -0.25) is 9.10 Å². The Labute approximate surface area is 190 Å².